The van der Waals surface area contributed by atoms with Gasteiger partial charge in [0.1, 0.15) is 0 Å². The van der Waals surface area contributed by atoms with Crippen LogP contribution in [0.3, 0.4) is 0 Å². The van der Waals surface area contributed by atoms with Crippen molar-refractivity contribution in [2.75, 3.05) is 18.5 Å². The fourth-order valence-corrected chi connectivity index (χ4v) is 1.63. The fraction of sp³-hybridized carbons (Fsp3) is 0.400. The first-order valence-corrected chi connectivity index (χ1v) is 4.08. The number of rotatable bonds is 0. The van der Waals surface area contributed by atoms with Crippen LogP contribution in [0.1, 0.15) is 12.0 Å². The summed E-state index contributed by atoms with van der Waals surface area (Å²) in [5, 5.41) is 0. The Morgan fingerprint density at radius 1 is 1.50 bits per heavy atom. The summed E-state index contributed by atoms with van der Waals surface area (Å²) in [4.78, 5) is 2.30. The number of anilines is 1. The van der Waals surface area contributed by atoms with E-state index in [0.29, 0.717) is 0 Å². The molecule has 0 aliphatic carbocycles. The number of hydrogen-bond acceptors (Lipinski definition) is 1. The van der Waals surface area contributed by atoms with Crippen LogP contribution in [0.5, 0.6) is 0 Å². The summed E-state index contributed by atoms with van der Waals surface area (Å²) in [6.07, 6.45) is 2.46. The number of aryl methyl sites for hydroxylation is 1. The Balaban J connectivity index is 0.000000720. The third-order valence-electron chi connectivity index (χ3n) is 2.25. The Bertz CT molecular complexity index is 260. The molecule has 1 aliphatic rings. The van der Waals surface area contributed by atoms with E-state index in [9.17, 15) is 0 Å². The minimum atomic E-state index is 0. The molecule has 58 valence electrons. The topological polar surface area (TPSA) is 3.24 Å². The van der Waals surface area contributed by atoms with Crippen LogP contribution in [-0.4, -0.2) is 13.6 Å². The van der Waals surface area contributed by atoms with Gasteiger partial charge in [-0.2, -0.15) is 18.2 Å². The monoisotopic (exact) mass is 185 g/mol. The molecule has 1 aromatic rings. The molecule has 1 aromatic carbocycles. The summed E-state index contributed by atoms with van der Waals surface area (Å²) in [7, 11) is 2.14. The molecule has 0 N–H and O–H groups in total. The SMILES string of the molecule is CN1CCCc2[c-]cccc21.[K+]. The van der Waals surface area contributed by atoms with Crippen LogP contribution >= 0.6 is 0 Å². The van der Waals surface area contributed by atoms with Crippen molar-refractivity contribution < 1.29 is 51.4 Å². The van der Waals surface area contributed by atoms with Gasteiger partial charge in [0.15, 0.2) is 0 Å². The normalized spacial score (nSPS) is 14.9. The minimum Gasteiger partial charge on any atom is -0.426 e. The molecule has 0 unspecified atom stereocenters. The van der Waals surface area contributed by atoms with Crippen LogP contribution < -0.4 is 56.3 Å². The number of benzene rings is 1. The summed E-state index contributed by atoms with van der Waals surface area (Å²) >= 11 is 0. The predicted octanol–water partition coefficient (Wildman–Crippen LogP) is -1.13. The Labute approximate surface area is 117 Å². The van der Waals surface area contributed by atoms with Crippen LogP contribution in [0.15, 0.2) is 18.2 Å². The second kappa shape index (κ2) is 4.77. The summed E-state index contributed by atoms with van der Waals surface area (Å²) in [6.45, 7) is 1.19. The van der Waals surface area contributed by atoms with Crippen molar-refractivity contribution in [3.05, 3.63) is 29.8 Å². The van der Waals surface area contributed by atoms with Crippen LogP contribution in [0.2, 0.25) is 0 Å². The summed E-state index contributed by atoms with van der Waals surface area (Å²) in [5.41, 5.74) is 2.74. The molecule has 0 radical (unpaired) electrons. The Morgan fingerprint density at radius 2 is 2.33 bits per heavy atom. The van der Waals surface area contributed by atoms with E-state index in [-0.39, 0.29) is 51.4 Å². The van der Waals surface area contributed by atoms with E-state index >= 15 is 0 Å². The molecular weight excluding hydrogens is 173 g/mol. The summed E-state index contributed by atoms with van der Waals surface area (Å²) in [6, 6.07) is 9.50. The minimum absolute atomic E-state index is 0. The van der Waals surface area contributed by atoms with Crippen LogP contribution in [0.25, 0.3) is 0 Å². The van der Waals surface area contributed by atoms with E-state index in [1.165, 1.54) is 30.6 Å². The molecule has 0 fully saturated rings. The molecule has 1 aliphatic heterocycles. The summed E-state index contributed by atoms with van der Waals surface area (Å²) in [5.74, 6) is 0. The van der Waals surface area contributed by atoms with Gasteiger partial charge >= 0.3 is 51.4 Å². The average Bonchev–Trinajstić information content (AvgIpc) is 2.06. The largest absolute Gasteiger partial charge is 1.00 e. The first-order chi connectivity index (χ1) is 5.38. The van der Waals surface area contributed by atoms with Gasteiger partial charge in [0.2, 0.25) is 0 Å². The van der Waals surface area contributed by atoms with Gasteiger partial charge in [-0.3, -0.25) is 0 Å². The molecule has 2 heteroatoms. The first kappa shape index (κ1) is 10.7. The molecule has 0 bridgehead atoms. The standard InChI is InChI=1S/C10H12N.K/c1-11-8-4-6-9-5-2-3-7-10(9)11;/h2-3,7H,4,6,8H2,1H3;/q-1;+1. The second-order valence-electron chi connectivity index (χ2n) is 3.06. The molecular formula is C10H12KN. The van der Waals surface area contributed by atoms with Gasteiger partial charge in [0.05, 0.1) is 0 Å². The maximum Gasteiger partial charge on any atom is 1.00 e. The zero-order valence-electron chi connectivity index (χ0n) is 7.80. The molecule has 1 heterocycles. The van der Waals surface area contributed by atoms with Gasteiger partial charge in [-0.15, -0.1) is 11.6 Å². The van der Waals surface area contributed by atoms with Crippen molar-refractivity contribution in [1.29, 1.82) is 0 Å². The molecule has 1 nitrogen and oxygen atoms in total. The molecule has 0 aromatic heterocycles. The van der Waals surface area contributed by atoms with Gasteiger partial charge in [0, 0.05) is 6.54 Å². The quantitative estimate of drug-likeness (QED) is 0.365. The van der Waals surface area contributed by atoms with Crippen molar-refractivity contribution >= 4 is 5.69 Å². The second-order valence-corrected chi connectivity index (χ2v) is 3.06. The fourth-order valence-electron chi connectivity index (χ4n) is 1.63. The van der Waals surface area contributed by atoms with E-state index in [2.05, 4.69) is 30.1 Å². The van der Waals surface area contributed by atoms with E-state index in [0.717, 1.165) is 0 Å². The van der Waals surface area contributed by atoms with Gasteiger partial charge in [0.25, 0.3) is 0 Å². The van der Waals surface area contributed by atoms with Crippen molar-refractivity contribution in [2.24, 2.45) is 0 Å². The average molecular weight is 185 g/mol. The molecule has 0 saturated carbocycles. The van der Waals surface area contributed by atoms with Crippen molar-refractivity contribution in [3.63, 3.8) is 0 Å². The molecule has 12 heavy (non-hydrogen) atoms. The van der Waals surface area contributed by atoms with Crippen LogP contribution in [0, 0.1) is 6.07 Å². The molecule has 2 rings (SSSR count). The predicted molar refractivity (Wildman–Crippen MR) is 46.9 cm³/mol. The molecule has 0 atom stereocenters. The van der Waals surface area contributed by atoms with Gasteiger partial charge in [-0.05, 0) is 19.9 Å². The zero-order valence-corrected chi connectivity index (χ0v) is 10.9. The Kier molecular flexibility index (Phi) is 4.27. The smallest absolute Gasteiger partial charge is 0.426 e. The molecule has 0 spiro atoms. The van der Waals surface area contributed by atoms with Crippen molar-refractivity contribution in [2.45, 2.75) is 12.8 Å². The van der Waals surface area contributed by atoms with E-state index in [1.807, 2.05) is 6.07 Å². The van der Waals surface area contributed by atoms with Crippen LogP contribution in [0.4, 0.5) is 5.69 Å². The van der Waals surface area contributed by atoms with Crippen molar-refractivity contribution in [3.8, 4) is 0 Å². The maximum atomic E-state index is 3.28. The third-order valence-corrected chi connectivity index (χ3v) is 2.25. The molecule has 0 amide bonds. The van der Waals surface area contributed by atoms with Gasteiger partial charge < -0.3 is 4.90 Å². The Morgan fingerprint density at radius 3 is 3.08 bits per heavy atom. The third kappa shape index (κ3) is 2.12. The van der Waals surface area contributed by atoms with Crippen LogP contribution in [-0.2, 0) is 6.42 Å². The molecule has 0 saturated heterocycles. The number of hydrogen-bond donors (Lipinski definition) is 0. The first-order valence-electron chi connectivity index (χ1n) is 4.08. The van der Waals surface area contributed by atoms with Gasteiger partial charge in [-0.25, -0.2) is 0 Å². The van der Waals surface area contributed by atoms with Gasteiger partial charge in [-0.1, -0.05) is 5.69 Å². The summed E-state index contributed by atoms with van der Waals surface area (Å²) < 4.78 is 0. The van der Waals surface area contributed by atoms with E-state index in [1.54, 1.807) is 0 Å². The van der Waals surface area contributed by atoms with Crippen molar-refractivity contribution in [1.82, 2.24) is 0 Å². The maximum absolute atomic E-state index is 3.28. The Hall–Kier alpha value is 0.656. The zero-order chi connectivity index (χ0) is 7.68. The number of nitrogens with zero attached hydrogens (tertiary/aromatic N) is 1. The van der Waals surface area contributed by atoms with E-state index < -0.39 is 0 Å². The van der Waals surface area contributed by atoms with E-state index in [4.69, 9.17) is 0 Å². The number of fused-ring (bicyclic) bond motifs is 1.